The van der Waals surface area contributed by atoms with Gasteiger partial charge in [-0.05, 0) is 67.2 Å². The zero-order chi connectivity index (χ0) is 17.6. The second kappa shape index (κ2) is 8.52. The van der Waals surface area contributed by atoms with Crippen LogP contribution >= 0.6 is 0 Å². The topological polar surface area (TPSA) is 0 Å². The van der Waals surface area contributed by atoms with Gasteiger partial charge in [0.15, 0.2) is 0 Å². The van der Waals surface area contributed by atoms with E-state index in [0.29, 0.717) is 0 Å². The van der Waals surface area contributed by atoms with Crippen LogP contribution in [-0.4, -0.2) is 0 Å². The summed E-state index contributed by atoms with van der Waals surface area (Å²) in [6.45, 7) is 8.58. The van der Waals surface area contributed by atoms with E-state index in [9.17, 15) is 0 Å². The van der Waals surface area contributed by atoms with Gasteiger partial charge in [-0.15, -0.1) is 0 Å². The third-order valence-corrected chi connectivity index (χ3v) is 5.71. The molecule has 0 N–H and O–H groups in total. The first kappa shape index (κ1) is 18.0. The molecule has 3 rings (SSSR count). The zero-order valence-electron chi connectivity index (χ0n) is 16.0. The lowest BCUT2D eigenvalue weighted by atomic mass is 9.82. The van der Waals surface area contributed by atoms with Gasteiger partial charge in [-0.1, -0.05) is 86.4 Å². The number of aryl methyl sites for hydroxylation is 2. The fourth-order valence-corrected chi connectivity index (χ4v) is 4.02. The third-order valence-electron chi connectivity index (χ3n) is 5.71. The van der Waals surface area contributed by atoms with E-state index >= 15 is 0 Å². The van der Waals surface area contributed by atoms with Crippen LogP contribution in [0.4, 0.5) is 0 Å². The Hall–Kier alpha value is -1.82. The van der Waals surface area contributed by atoms with E-state index in [0.717, 1.165) is 25.2 Å². The second-order valence-electron chi connectivity index (χ2n) is 7.77. The number of hydrogen-bond acceptors (Lipinski definition) is 0. The molecular weight excluding hydrogens is 300 g/mol. The van der Waals surface area contributed by atoms with Gasteiger partial charge in [-0.3, -0.25) is 0 Å². The van der Waals surface area contributed by atoms with Crippen LogP contribution in [0.15, 0.2) is 54.6 Å². The number of rotatable bonds is 6. The maximum Gasteiger partial charge on any atom is -0.0162 e. The molecule has 0 heteroatoms. The molecule has 2 aromatic rings. The van der Waals surface area contributed by atoms with Crippen molar-refractivity contribution in [2.45, 2.75) is 71.1 Å². The molecule has 0 heterocycles. The van der Waals surface area contributed by atoms with Gasteiger partial charge < -0.3 is 0 Å². The van der Waals surface area contributed by atoms with E-state index in [1.807, 2.05) is 0 Å². The van der Waals surface area contributed by atoms with Gasteiger partial charge in [-0.2, -0.15) is 0 Å². The summed E-state index contributed by atoms with van der Waals surface area (Å²) < 4.78 is 0. The molecule has 25 heavy (non-hydrogen) atoms. The molecule has 0 radical (unpaired) electrons. The van der Waals surface area contributed by atoms with Crippen LogP contribution in [0.1, 0.15) is 74.5 Å². The molecule has 132 valence electrons. The lowest BCUT2D eigenvalue weighted by Gasteiger charge is -2.23. The summed E-state index contributed by atoms with van der Waals surface area (Å²) in [6.07, 6.45) is 10.2. The average Bonchev–Trinajstić information content (AvgIpc) is 2.66. The molecule has 1 fully saturated rings. The maximum atomic E-state index is 4.19. The van der Waals surface area contributed by atoms with Crippen LogP contribution in [0, 0.1) is 6.92 Å². The Morgan fingerprint density at radius 2 is 1.80 bits per heavy atom. The van der Waals surface area contributed by atoms with Crippen molar-refractivity contribution in [2.75, 3.05) is 0 Å². The highest BCUT2D eigenvalue weighted by atomic mass is 14.2. The van der Waals surface area contributed by atoms with Gasteiger partial charge in [0.25, 0.3) is 0 Å². The van der Waals surface area contributed by atoms with Crippen molar-refractivity contribution in [1.29, 1.82) is 0 Å². The monoisotopic (exact) mass is 332 g/mol. The molecule has 1 saturated carbocycles. The van der Waals surface area contributed by atoms with Crippen LogP contribution in [-0.2, 0) is 6.42 Å². The van der Waals surface area contributed by atoms with Crippen LogP contribution in [0.25, 0.3) is 11.1 Å². The lowest BCUT2D eigenvalue weighted by molar-refractivity contribution is 0.443. The Kier molecular flexibility index (Phi) is 6.13. The molecule has 0 saturated heterocycles. The van der Waals surface area contributed by atoms with Crippen molar-refractivity contribution in [1.82, 2.24) is 0 Å². The van der Waals surface area contributed by atoms with Crippen molar-refractivity contribution in [3.63, 3.8) is 0 Å². The molecule has 0 bridgehead atoms. The summed E-state index contributed by atoms with van der Waals surface area (Å²) in [7, 11) is 0. The molecule has 0 spiro atoms. The predicted octanol–water partition coefficient (Wildman–Crippen LogP) is 7.61. The van der Waals surface area contributed by atoms with E-state index < -0.39 is 0 Å². The maximum absolute atomic E-state index is 4.19. The normalized spacial score (nSPS) is 15.3. The van der Waals surface area contributed by atoms with Crippen LogP contribution in [0.3, 0.4) is 0 Å². The standard InChI is InChI=1S/C25H32/c1-4-19(2)13-14-21-16-24(22-10-6-5-7-11-22)18-25(17-21)23-12-8-9-20(3)15-23/h8-9,12,15-18,22H,2,4-7,10-11,13-14H2,1,3H3. The Bertz CT molecular complexity index is 717. The first-order valence-corrected chi connectivity index (χ1v) is 10.0. The van der Waals surface area contributed by atoms with Crippen molar-refractivity contribution in [3.8, 4) is 11.1 Å². The summed E-state index contributed by atoms with van der Waals surface area (Å²) >= 11 is 0. The molecule has 0 aromatic heterocycles. The average molecular weight is 333 g/mol. The summed E-state index contributed by atoms with van der Waals surface area (Å²) in [5.74, 6) is 0.756. The molecule has 0 unspecified atom stereocenters. The van der Waals surface area contributed by atoms with Crippen molar-refractivity contribution < 1.29 is 0 Å². The van der Waals surface area contributed by atoms with Crippen molar-refractivity contribution in [2.24, 2.45) is 0 Å². The molecule has 0 aliphatic heterocycles. The Morgan fingerprint density at radius 1 is 1.00 bits per heavy atom. The quantitative estimate of drug-likeness (QED) is 0.477. The number of allylic oxidation sites excluding steroid dienone is 1. The van der Waals surface area contributed by atoms with Crippen LogP contribution < -0.4 is 0 Å². The van der Waals surface area contributed by atoms with E-state index in [2.05, 4.69) is 62.9 Å². The minimum Gasteiger partial charge on any atom is -0.0999 e. The minimum absolute atomic E-state index is 0.756. The smallest absolute Gasteiger partial charge is 0.0162 e. The zero-order valence-corrected chi connectivity index (χ0v) is 16.0. The molecule has 2 aromatic carbocycles. The highest BCUT2D eigenvalue weighted by Crippen LogP contribution is 2.35. The summed E-state index contributed by atoms with van der Waals surface area (Å²) in [5.41, 5.74) is 8.49. The van der Waals surface area contributed by atoms with E-state index in [4.69, 9.17) is 0 Å². The van der Waals surface area contributed by atoms with Gasteiger partial charge in [0, 0.05) is 0 Å². The summed E-state index contributed by atoms with van der Waals surface area (Å²) in [5, 5.41) is 0. The van der Waals surface area contributed by atoms with Gasteiger partial charge in [0.1, 0.15) is 0 Å². The molecule has 1 aliphatic carbocycles. The van der Waals surface area contributed by atoms with Gasteiger partial charge in [0.05, 0.1) is 0 Å². The van der Waals surface area contributed by atoms with Gasteiger partial charge in [0.2, 0.25) is 0 Å². The Labute approximate surface area is 154 Å². The van der Waals surface area contributed by atoms with Crippen molar-refractivity contribution >= 4 is 0 Å². The van der Waals surface area contributed by atoms with Crippen LogP contribution in [0.5, 0.6) is 0 Å². The van der Waals surface area contributed by atoms with Gasteiger partial charge in [-0.25, -0.2) is 0 Å². The highest BCUT2D eigenvalue weighted by Gasteiger charge is 2.17. The predicted molar refractivity (Wildman–Crippen MR) is 110 cm³/mol. The Morgan fingerprint density at radius 3 is 2.52 bits per heavy atom. The van der Waals surface area contributed by atoms with Crippen molar-refractivity contribution in [3.05, 3.63) is 71.3 Å². The van der Waals surface area contributed by atoms with Gasteiger partial charge >= 0.3 is 0 Å². The number of benzene rings is 2. The molecule has 1 aliphatic rings. The first-order chi connectivity index (χ1) is 12.2. The van der Waals surface area contributed by atoms with E-state index in [-0.39, 0.29) is 0 Å². The minimum atomic E-state index is 0.756. The molecule has 0 atom stereocenters. The lowest BCUT2D eigenvalue weighted by Crippen LogP contribution is -2.05. The first-order valence-electron chi connectivity index (χ1n) is 10.0. The van der Waals surface area contributed by atoms with E-state index in [1.165, 1.54) is 59.9 Å². The Balaban J connectivity index is 1.93. The van der Waals surface area contributed by atoms with E-state index in [1.54, 1.807) is 5.56 Å². The molecule has 0 nitrogen and oxygen atoms in total. The summed E-state index contributed by atoms with van der Waals surface area (Å²) in [6, 6.07) is 16.3. The summed E-state index contributed by atoms with van der Waals surface area (Å²) in [4.78, 5) is 0. The number of hydrogen-bond donors (Lipinski definition) is 0. The second-order valence-corrected chi connectivity index (χ2v) is 7.77. The molecule has 0 amide bonds. The largest absolute Gasteiger partial charge is 0.0999 e. The highest BCUT2D eigenvalue weighted by molar-refractivity contribution is 5.66. The fraction of sp³-hybridized carbons (Fsp3) is 0.440. The van der Waals surface area contributed by atoms with Crippen LogP contribution in [0.2, 0.25) is 0 Å². The SMILES string of the molecule is C=C(CC)CCc1cc(-c2cccc(C)c2)cc(C2CCCCC2)c1. The third kappa shape index (κ3) is 4.84. The fourth-order valence-electron chi connectivity index (χ4n) is 4.02. The molecular formula is C25H32.